The molecule has 0 bridgehead atoms. The van der Waals surface area contributed by atoms with E-state index in [1.54, 1.807) is 5.32 Å². The highest BCUT2D eigenvalue weighted by Crippen LogP contribution is 2.13. The van der Waals surface area contributed by atoms with Gasteiger partial charge in [0, 0.05) is 25.4 Å². The molecule has 0 radical (unpaired) electrons. The molecule has 0 atom stereocenters. The maximum absolute atomic E-state index is 11.7. The van der Waals surface area contributed by atoms with Gasteiger partial charge in [0.25, 0.3) is 0 Å². The Bertz CT molecular complexity index is 246. The molecule has 0 aliphatic carbocycles. The molecular weight excluding hydrogens is 249 g/mol. The summed E-state index contributed by atoms with van der Waals surface area (Å²) < 4.78 is 35.1. The Hall–Kier alpha value is -0.980. The van der Waals surface area contributed by atoms with Gasteiger partial charge in [-0.25, -0.2) is 0 Å². The Morgan fingerprint density at radius 2 is 1.69 bits per heavy atom. The largest absolute Gasteiger partial charge is 0.471 e. The number of nitrogens with one attached hydrogen (secondary N) is 2. The van der Waals surface area contributed by atoms with Crippen LogP contribution in [0.4, 0.5) is 13.2 Å². The van der Waals surface area contributed by atoms with Crippen LogP contribution >= 0.6 is 11.6 Å². The molecule has 2 N–H and O–H groups in total. The molecule has 4 nitrogen and oxygen atoms in total. The van der Waals surface area contributed by atoms with Crippen LogP contribution in [0.15, 0.2) is 0 Å². The van der Waals surface area contributed by atoms with Crippen LogP contribution in [0.5, 0.6) is 0 Å². The third-order valence-electron chi connectivity index (χ3n) is 1.53. The summed E-state index contributed by atoms with van der Waals surface area (Å²) in [6, 6.07) is 0. The molecule has 0 rings (SSSR count). The van der Waals surface area contributed by atoms with E-state index in [0.717, 1.165) is 0 Å². The van der Waals surface area contributed by atoms with E-state index >= 15 is 0 Å². The molecule has 2 amide bonds. The van der Waals surface area contributed by atoms with Gasteiger partial charge in [-0.05, 0) is 6.42 Å². The van der Waals surface area contributed by atoms with Crippen molar-refractivity contribution < 1.29 is 22.8 Å². The highest BCUT2D eigenvalue weighted by Gasteiger charge is 2.38. The fourth-order valence-corrected chi connectivity index (χ4v) is 0.928. The van der Waals surface area contributed by atoms with Crippen molar-refractivity contribution in [2.75, 3.05) is 19.0 Å². The number of carbonyl (C=O) groups excluding carboxylic acids is 2. The summed E-state index contributed by atoms with van der Waals surface area (Å²) in [5.41, 5.74) is 0. The second kappa shape index (κ2) is 7.32. The molecule has 0 unspecified atom stereocenters. The second-order valence-corrected chi connectivity index (χ2v) is 3.27. The summed E-state index contributed by atoms with van der Waals surface area (Å²) in [6.07, 6.45) is -4.17. The molecule has 0 aliphatic rings. The van der Waals surface area contributed by atoms with Crippen molar-refractivity contribution in [1.29, 1.82) is 0 Å². The van der Waals surface area contributed by atoms with E-state index in [1.165, 1.54) is 0 Å². The summed E-state index contributed by atoms with van der Waals surface area (Å²) in [6.45, 7) is -0.298. The van der Waals surface area contributed by atoms with Crippen LogP contribution in [0.25, 0.3) is 0 Å². The third kappa shape index (κ3) is 7.33. The molecule has 0 heterocycles. The first kappa shape index (κ1) is 15.0. The second-order valence-electron chi connectivity index (χ2n) is 2.90. The predicted octanol–water partition coefficient (Wildman–Crippen LogP) is 0.800. The zero-order valence-electron chi connectivity index (χ0n) is 8.36. The van der Waals surface area contributed by atoms with Crippen molar-refractivity contribution in [3.05, 3.63) is 0 Å². The van der Waals surface area contributed by atoms with Crippen molar-refractivity contribution in [3.63, 3.8) is 0 Å². The van der Waals surface area contributed by atoms with Crippen molar-refractivity contribution in [1.82, 2.24) is 10.6 Å². The topological polar surface area (TPSA) is 58.2 Å². The van der Waals surface area contributed by atoms with Crippen LogP contribution in [-0.2, 0) is 9.59 Å². The van der Waals surface area contributed by atoms with Gasteiger partial charge in [0.05, 0.1) is 0 Å². The molecule has 0 aromatic rings. The SMILES string of the molecule is O=C(CCCCl)NCCNC(=O)C(F)(F)F. The first-order valence-electron chi connectivity index (χ1n) is 4.55. The van der Waals surface area contributed by atoms with E-state index in [9.17, 15) is 22.8 Å². The maximum atomic E-state index is 11.7. The number of rotatable bonds is 6. The fraction of sp³-hybridized carbons (Fsp3) is 0.750. The zero-order chi connectivity index (χ0) is 12.6. The van der Waals surface area contributed by atoms with Gasteiger partial charge >= 0.3 is 12.1 Å². The molecular formula is C8H12ClF3N2O2. The molecule has 16 heavy (non-hydrogen) atoms. The van der Waals surface area contributed by atoms with E-state index in [2.05, 4.69) is 5.32 Å². The van der Waals surface area contributed by atoms with E-state index < -0.39 is 12.1 Å². The molecule has 0 aliphatic heterocycles. The lowest BCUT2D eigenvalue weighted by Crippen LogP contribution is -2.41. The lowest BCUT2D eigenvalue weighted by atomic mass is 10.3. The summed E-state index contributed by atoms with van der Waals surface area (Å²) in [4.78, 5) is 21.3. The number of amides is 2. The molecule has 0 aromatic carbocycles. The number of carbonyl (C=O) groups is 2. The maximum Gasteiger partial charge on any atom is 0.471 e. The number of halogens is 4. The minimum Gasteiger partial charge on any atom is -0.354 e. The van der Waals surface area contributed by atoms with Crippen molar-refractivity contribution in [2.45, 2.75) is 19.0 Å². The Morgan fingerprint density at radius 3 is 2.19 bits per heavy atom. The summed E-state index contributed by atoms with van der Waals surface area (Å²) in [5.74, 6) is -1.97. The molecule has 94 valence electrons. The highest BCUT2D eigenvalue weighted by atomic mass is 35.5. The lowest BCUT2D eigenvalue weighted by molar-refractivity contribution is -0.173. The van der Waals surface area contributed by atoms with Gasteiger partial charge in [-0.3, -0.25) is 9.59 Å². The van der Waals surface area contributed by atoms with Gasteiger partial charge in [0.15, 0.2) is 0 Å². The van der Waals surface area contributed by atoms with Crippen LogP contribution < -0.4 is 10.6 Å². The van der Waals surface area contributed by atoms with Gasteiger partial charge < -0.3 is 10.6 Å². The third-order valence-corrected chi connectivity index (χ3v) is 1.79. The van der Waals surface area contributed by atoms with E-state index in [1.807, 2.05) is 0 Å². The quantitative estimate of drug-likeness (QED) is 0.548. The molecule has 0 aromatic heterocycles. The fourth-order valence-electron chi connectivity index (χ4n) is 0.794. The molecule has 0 saturated heterocycles. The van der Waals surface area contributed by atoms with Crippen molar-refractivity contribution in [2.24, 2.45) is 0 Å². The predicted molar refractivity (Wildman–Crippen MR) is 52.0 cm³/mol. The average Bonchev–Trinajstić information content (AvgIpc) is 2.19. The molecule has 8 heteroatoms. The van der Waals surface area contributed by atoms with Gasteiger partial charge in [0.1, 0.15) is 0 Å². The van der Waals surface area contributed by atoms with E-state index in [0.29, 0.717) is 12.3 Å². The number of hydrogen-bond acceptors (Lipinski definition) is 2. The molecule has 0 saturated carbocycles. The number of alkyl halides is 4. The van der Waals surface area contributed by atoms with Crippen molar-refractivity contribution >= 4 is 23.4 Å². The van der Waals surface area contributed by atoms with Crippen LogP contribution in [0.3, 0.4) is 0 Å². The minimum absolute atomic E-state index is 0.0388. The Kier molecular flexibility index (Phi) is 6.87. The van der Waals surface area contributed by atoms with Gasteiger partial charge in [0.2, 0.25) is 5.91 Å². The smallest absolute Gasteiger partial charge is 0.354 e. The zero-order valence-corrected chi connectivity index (χ0v) is 9.12. The first-order chi connectivity index (χ1) is 7.38. The Morgan fingerprint density at radius 1 is 1.12 bits per heavy atom. The Balaban J connectivity index is 3.54. The van der Waals surface area contributed by atoms with E-state index in [4.69, 9.17) is 11.6 Å². The lowest BCUT2D eigenvalue weighted by Gasteiger charge is -2.08. The van der Waals surface area contributed by atoms with Crippen LogP contribution in [0, 0.1) is 0 Å². The van der Waals surface area contributed by atoms with Crippen LogP contribution in [0.2, 0.25) is 0 Å². The normalized spacial score (nSPS) is 11.0. The van der Waals surface area contributed by atoms with Crippen LogP contribution in [0.1, 0.15) is 12.8 Å². The van der Waals surface area contributed by atoms with Crippen molar-refractivity contribution in [3.8, 4) is 0 Å². The van der Waals surface area contributed by atoms with E-state index in [-0.39, 0.29) is 25.4 Å². The molecule has 0 spiro atoms. The monoisotopic (exact) mass is 260 g/mol. The standard InChI is InChI=1S/C8H12ClF3N2O2/c9-3-1-2-6(15)13-4-5-14-7(16)8(10,11)12/h1-5H2,(H,13,15)(H,14,16). The van der Waals surface area contributed by atoms with Gasteiger partial charge in [-0.2, -0.15) is 13.2 Å². The average molecular weight is 261 g/mol. The summed E-state index contributed by atoms with van der Waals surface area (Å²) in [7, 11) is 0. The van der Waals surface area contributed by atoms with Gasteiger partial charge in [-0.15, -0.1) is 11.6 Å². The van der Waals surface area contributed by atoms with Crippen LogP contribution in [-0.4, -0.2) is 37.0 Å². The highest BCUT2D eigenvalue weighted by molar-refractivity contribution is 6.17. The Labute approximate surface area is 95.5 Å². The number of hydrogen-bond donors (Lipinski definition) is 2. The summed E-state index contributed by atoms with van der Waals surface area (Å²) >= 11 is 5.34. The molecule has 0 fully saturated rings. The van der Waals surface area contributed by atoms with Gasteiger partial charge in [-0.1, -0.05) is 0 Å². The summed E-state index contributed by atoms with van der Waals surface area (Å²) in [5, 5.41) is 3.97. The first-order valence-corrected chi connectivity index (χ1v) is 5.09. The minimum atomic E-state index is -4.89.